The standard InChI is InChI=1S/C10H9ClFN3O/c1-16-8-2-3-9(12)10(4-8)15-6-7(5-11)13-14-15/h2-4,6H,5H2,1H3. The molecule has 6 heteroatoms. The Morgan fingerprint density at radius 2 is 2.31 bits per heavy atom. The Kier molecular flexibility index (Phi) is 3.05. The van der Waals surface area contributed by atoms with E-state index >= 15 is 0 Å². The number of nitrogens with zero attached hydrogens (tertiary/aromatic N) is 3. The zero-order chi connectivity index (χ0) is 11.5. The lowest BCUT2D eigenvalue weighted by Gasteiger charge is -2.04. The monoisotopic (exact) mass is 241 g/mol. The van der Waals surface area contributed by atoms with Crippen LogP contribution in [0, 0.1) is 5.82 Å². The fourth-order valence-corrected chi connectivity index (χ4v) is 1.39. The zero-order valence-corrected chi connectivity index (χ0v) is 9.28. The predicted molar refractivity (Wildman–Crippen MR) is 57.4 cm³/mol. The number of hydrogen-bond acceptors (Lipinski definition) is 3. The molecule has 2 aromatic rings. The Hall–Kier alpha value is -1.62. The molecule has 0 radical (unpaired) electrons. The molecule has 0 spiro atoms. The molecule has 2 rings (SSSR count). The van der Waals surface area contributed by atoms with Crippen LogP contribution in [0.1, 0.15) is 5.69 Å². The van der Waals surface area contributed by atoms with Crippen LogP contribution in [0.2, 0.25) is 0 Å². The average Bonchev–Trinajstić information content (AvgIpc) is 2.78. The highest BCUT2D eigenvalue weighted by molar-refractivity contribution is 6.16. The van der Waals surface area contributed by atoms with Gasteiger partial charge in [0.1, 0.15) is 17.3 Å². The fourth-order valence-electron chi connectivity index (χ4n) is 1.27. The molecule has 0 amide bonds. The SMILES string of the molecule is COc1ccc(F)c(-n2cc(CCl)nn2)c1. The highest BCUT2D eigenvalue weighted by Gasteiger charge is 2.08. The maximum Gasteiger partial charge on any atom is 0.149 e. The first-order valence-electron chi connectivity index (χ1n) is 4.55. The van der Waals surface area contributed by atoms with Crippen molar-refractivity contribution < 1.29 is 9.13 Å². The molecule has 4 nitrogen and oxygen atoms in total. The number of benzene rings is 1. The van der Waals surface area contributed by atoms with Gasteiger partial charge >= 0.3 is 0 Å². The number of ether oxygens (including phenoxy) is 1. The molecule has 0 unspecified atom stereocenters. The van der Waals surface area contributed by atoms with Crippen LogP contribution in [-0.2, 0) is 5.88 Å². The van der Waals surface area contributed by atoms with E-state index in [1.54, 1.807) is 12.3 Å². The second-order valence-electron chi connectivity index (χ2n) is 3.11. The Labute approximate surface area is 96.6 Å². The summed E-state index contributed by atoms with van der Waals surface area (Å²) in [6.07, 6.45) is 1.57. The van der Waals surface area contributed by atoms with Crippen LogP contribution >= 0.6 is 11.6 Å². The van der Waals surface area contributed by atoms with Gasteiger partial charge in [-0.1, -0.05) is 5.21 Å². The van der Waals surface area contributed by atoms with Gasteiger partial charge in [0.2, 0.25) is 0 Å². The van der Waals surface area contributed by atoms with Crippen molar-refractivity contribution in [2.75, 3.05) is 7.11 Å². The number of rotatable bonds is 3. The minimum absolute atomic E-state index is 0.242. The first-order chi connectivity index (χ1) is 7.74. The normalized spacial score (nSPS) is 10.4. The molecule has 1 aromatic heterocycles. The van der Waals surface area contributed by atoms with Gasteiger partial charge in [-0.05, 0) is 12.1 Å². The van der Waals surface area contributed by atoms with Gasteiger partial charge in [0.15, 0.2) is 0 Å². The number of alkyl halides is 1. The van der Waals surface area contributed by atoms with E-state index in [2.05, 4.69) is 10.3 Å². The number of hydrogen-bond donors (Lipinski definition) is 0. The molecule has 1 heterocycles. The van der Waals surface area contributed by atoms with Crippen molar-refractivity contribution in [2.24, 2.45) is 0 Å². The number of methoxy groups -OCH3 is 1. The van der Waals surface area contributed by atoms with Gasteiger partial charge in [0, 0.05) is 6.07 Å². The zero-order valence-electron chi connectivity index (χ0n) is 8.52. The second-order valence-corrected chi connectivity index (χ2v) is 3.37. The quantitative estimate of drug-likeness (QED) is 0.773. The Balaban J connectivity index is 2.45. The molecular formula is C10H9ClFN3O. The van der Waals surface area contributed by atoms with Crippen LogP contribution in [-0.4, -0.2) is 22.1 Å². The van der Waals surface area contributed by atoms with Gasteiger partial charge < -0.3 is 4.74 Å². The molecule has 0 N–H and O–H groups in total. The van der Waals surface area contributed by atoms with Gasteiger partial charge in [-0.15, -0.1) is 16.7 Å². The fraction of sp³-hybridized carbons (Fsp3) is 0.200. The summed E-state index contributed by atoms with van der Waals surface area (Å²) in [5.74, 6) is 0.400. The number of aromatic nitrogens is 3. The number of halogens is 2. The highest BCUT2D eigenvalue weighted by atomic mass is 35.5. The highest BCUT2D eigenvalue weighted by Crippen LogP contribution is 2.19. The third-order valence-corrected chi connectivity index (χ3v) is 2.35. The first-order valence-corrected chi connectivity index (χ1v) is 5.09. The van der Waals surface area contributed by atoms with Crippen LogP contribution in [0.5, 0.6) is 5.75 Å². The minimum Gasteiger partial charge on any atom is -0.497 e. The summed E-state index contributed by atoms with van der Waals surface area (Å²) in [5, 5.41) is 7.56. The average molecular weight is 242 g/mol. The molecule has 16 heavy (non-hydrogen) atoms. The summed E-state index contributed by atoms with van der Waals surface area (Å²) < 4.78 is 19.9. The van der Waals surface area contributed by atoms with Crippen LogP contribution < -0.4 is 4.74 Å². The molecule has 84 valence electrons. The Morgan fingerprint density at radius 3 is 2.94 bits per heavy atom. The van der Waals surface area contributed by atoms with E-state index < -0.39 is 5.82 Å². The lowest BCUT2D eigenvalue weighted by Crippen LogP contribution is -1.99. The Bertz CT molecular complexity index is 501. The topological polar surface area (TPSA) is 39.9 Å². The van der Waals surface area contributed by atoms with E-state index in [1.807, 2.05) is 0 Å². The van der Waals surface area contributed by atoms with Crippen molar-refractivity contribution >= 4 is 11.6 Å². The van der Waals surface area contributed by atoms with Crippen molar-refractivity contribution in [2.45, 2.75) is 5.88 Å². The summed E-state index contributed by atoms with van der Waals surface area (Å²) >= 11 is 5.59. The molecule has 0 fully saturated rings. The van der Waals surface area contributed by atoms with Gasteiger partial charge in [-0.3, -0.25) is 0 Å². The van der Waals surface area contributed by atoms with E-state index in [0.717, 1.165) is 0 Å². The van der Waals surface area contributed by atoms with Crippen molar-refractivity contribution in [3.63, 3.8) is 0 Å². The van der Waals surface area contributed by atoms with Crippen molar-refractivity contribution in [3.05, 3.63) is 35.9 Å². The molecule has 0 aliphatic carbocycles. The van der Waals surface area contributed by atoms with E-state index in [0.29, 0.717) is 11.4 Å². The summed E-state index contributed by atoms with van der Waals surface area (Å²) in [6.45, 7) is 0. The maximum atomic E-state index is 13.5. The van der Waals surface area contributed by atoms with Gasteiger partial charge in [0.05, 0.1) is 24.9 Å². The smallest absolute Gasteiger partial charge is 0.149 e. The predicted octanol–water partition coefficient (Wildman–Crippen LogP) is 2.15. The summed E-state index contributed by atoms with van der Waals surface area (Å²) in [6, 6.07) is 4.40. The Morgan fingerprint density at radius 1 is 1.50 bits per heavy atom. The van der Waals surface area contributed by atoms with Crippen molar-refractivity contribution in [3.8, 4) is 11.4 Å². The lowest BCUT2D eigenvalue weighted by molar-refractivity contribution is 0.413. The van der Waals surface area contributed by atoms with Crippen LogP contribution in [0.25, 0.3) is 5.69 Å². The lowest BCUT2D eigenvalue weighted by atomic mass is 10.3. The summed E-state index contributed by atoms with van der Waals surface area (Å²) in [4.78, 5) is 0. The largest absolute Gasteiger partial charge is 0.497 e. The van der Waals surface area contributed by atoms with Crippen molar-refractivity contribution in [1.29, 1.82) is 0 Å². The third-order valence-electron chi connectivity index (χ3n) is 2.08. The van der Waals surface area contributed by atoms with E-state index in [9.17, 15) is 4.39 Å². The molecule has 0 atom stereocenters. The van der Waals surface area contributed by atoms with Gasteiger partial charge in [-0.2, -0.15) is 0 Å². The summed E-state index contributed by atoms with van der Waals surface area (Å²) in [5.41, 5.74) is 0.868. The third kappa shape index (κ3) is 1.99. The molecule has 0 aliphatic heterocycles. The summed E-state index contributed by atoms with van der Waals surface area (Å²) in [7, 11) is 1.52. The maximum absolute atomic E-state index is 13.5. The molecule has 0 saturated carbocycles. The minimum atomic E-state index is -0.396. The first kappa shape index (κ1) is 10.9. The van der Waals surface area contributed by atoms with Crippen LogP contribution in [0.3, 0.4) is 0 Å². The molecular weight excluding hydrogens is 233 g/mol. The second kappa shape index (κ2) is 4.49. The van der Waals surface area contributed by atoms with Crippen molar-refractivity contribution in [1.82, 2.24) is 15.0 Å². The molecule has 0 aliphatic rings. The van der Waals surface area contributed by atoms with Crippen LogP contribution in [0.4, 0.5) is 4.39 Å². The van der Waals surface area contributed by atoms with E-state index in [-0.39, 0.29) is 11.6 Å². The van der Waals surface area contributed by atoms with Gasteiger partial charge in [-0.25, -0.2) is 9.07 Å². The molecule has 0 saturated heterocycles. The van der Waals surface area contributed by atoms with E-state index in [1.165, 1.54) is 23.9 Å². The molecule has 0 bridgehead atoms. The molecule has 1 aromatic carbocycles. The van der Waals surface area contributed by atoms with Gasteiger partial charge in [0.25, 0.3) is 0 Å². The van der Waals surface area contributed by atoms with Crippen LogP contribution in [0.15, 0.2) is 24.4 Å². The van der Waals surface area contributed by atoms with E-state index in [4.69, 9.17) is 16.3 Å².